The van der Waals surface area contributed by atoms with Gasteiger partial charge in [-0.3, -0.25) is 4.79 Å². The van der Waals surface area contributed by atoms with Gasteiger partial charge in [0.2, 0.25) is 0 Å². The van der Waals surface area contributed by atoms with Crippen LogP contribution in [-0.2, 0) is 9.84 Å². The van der Waals surface area contributed by atoms with Crippen LogP contribution in [0, 0.1) is 0 Å². The maximum absolute atomic E-state index is 12.4. The summed E-state index contributed by atoms with van der Waals surface area (Å²) in [5.74, 6) is 0.383. The summed E-state index contributed by atoms with van der Waals surface area (Å²) < 4.78 is 28.6. The van der Waals surface area contributed by atoms with E-state index in [-0.39, 0.29) is 29.9 Å². The molecule has 6 nitrogen and oxygen atoms in total. The van der Waals surface area contributed by atoms with E-state index < -0.39 is 15.1 Å². The normalized spacial score (nSPS) is 26.4. The van der Waals surface area contributed by atoms with Crippen LogP contribution < -0.4 is 0 Å². The highest BCUT2D eigenvalue weighted by Crippen LogP contribution is 2.34. The molecule has 110 valence electrons. The number of amides is 1. The zero-order chi connectivity index (χ0) is 14.6. The maximum atomic E-state index is 12.4. The lowest BCUT2D eigenvalue weighted by Gasteiger charge is -2.25. The summed E-state index contributed by atoms with van der Waals surface area (Å²) in [5, 5.41) is 5.34. The molecule has 21 heavy (non-hydrogen) atoms. The smallest absolute Gasteiger partial charge is 0.276 e. The molecule has 0 spiro atoms. The van der Waals surface area contributed by atoms with Gasteiger partial charge in [0.25, 0.3) is 5.91 Å². The minimum Gasteiger partial charge on any atom is -0.355 e. The Balaban J connectivity index is 1.57. The monoisotopic (exact) mass is 324 g/mol. The van der Waals surface area contributed by atoms with Crippen LogP contribution in [-0.4, -0.2) is 48.0 Å². The fourth-order valence-electron chi connectivity index (χ4n) is 3.00. The highest BCUT2D eigenvalue weighted by Gasteiger charge is 2.50. The van der Waals surface area contributed by atoms with E-state index in [4.69, 9.17) is 4.52 Å². The number of carbonyl (C=O) groups is 1. The van der Waals surface area contributed by atoms with Crippen LogP contribution in [0.3, 0.4) is 0 Å². The zero-order valence-corrected chi connectivity index (χ0v) is 12.6. The van der Waals surface area contributed by atoms with Gasteiger partial charge in [0.15, 0.2) is 21.3 Å². The molecular formula is C13H12N2O4S2. The van der Waals surface area contributed by atoms with E-state index in [0.717, 1.165) is 4.88 Å². The van der Waals surface area contributed by atoms with Gasteiger partial charge >= 0.3 is 0 Å². The number of aromatic nitrogens is 1. The number of rotatable bonds is 2. The fraction of sp³-hybridized carbons (Fsp3) is 0.385. The van der Waals surface area contributed by atoms with Crippen LogP contribution in [0.5, 0.6) is 0 Å². The molecule has 8 heteroatoms. The van der Waals surface area contributed by atoms with E-state index in [1.807, 2.05) is 17.5 Å². The molecule has 0 N–H and O–H groups in total. The van der Waals surface area contributed by atoms with E-state index in [0.29, 0.717) is 12.2 Å². The van der Waals surface area contributed by atoms with Gasteiger partial charge in [0.1, 0.15) is 0 Å². The first-order valence-electron chi connectivity index (χ1n) is 6.58. The van der Waals surface area contributed by atoms with Crippen molar-refractivity contribution in [2.75, 3.05) is 12.3 Å². The zero-order valence-electron chi connectivity index (χ0n) is 10.9. The molecule has 0 aromatic carbocycles. The van der Waals surface area contributed by atoms with E-state index >= 15 is 0 Å². The summed E-state index contributed by atoms with van der Waals surface area (Å²) in [5.41, 5.74) is 0.239. The topological polar surface area (TPSA) is 80.5 Å². The molecule has 2 atom stereocenters. The molecule has 0 aliphatic carbocycles. The third kappa shape index (κ3) is 2.01. The number of nitrogens with zero attached hydrogens (tertiary/aromatic N) is 2. The molecule has 4 rings (SSSR count). The average Bonchev–Trinajstić information content (AvgIpc) is 3.19. The van der Waals surface area contributed by atoms with Gasteiger partial charge in [-0.2, -0.15) is 0 Å². The molecule has 0 saturated carbocycles. The molecule has 2 aliphatic rings. The van der Waals surface area contributed by atoms with Crippen molar-refractivity contribution in [3.8, 4) is 10.6 Å². The molecule has 0 radical (unpaired) electrons. The fourth-order valence-corrected chi connectivity index (χ4v) is 5.70. The second kappa shape index (κ2) is 4.41. The predicted octanol–water partition coefficient (Wildman–Crippen LogP) is 1.41. The summed E-state index contributed by atoms with van der Waals surface area (Å²) in [6, 6.07) is 5.20. The quantitative estimate of drug-likeness (QED) is 0.834. The van der Waals surface area contributed by atoms with Crippen molar-refractivity contribution >= 4 is 27.1 Å². The van der Waals surface area contributed by atoms with Crippen LogP contribution in [0.1, 0.15) is 16.9 Å². The van der Waals surface area contributed by atoms with E-state index in [2.05, 4.69) is 5.16 Å². The molecule has 2 saturated heterocycles. The molecule has 1 amide bonds. The molecule has 2 bridgehead atoms. The van der Waals surface area contributed by atoms with Gasteiger partial charge in [0, 0.05) is 18.7 Å². The van der Waals surface area contributed by atoms with Gasteiger partial charge in [-0.25, -0.2) is 8.42 Å². The summed E-state index contributed by atoms with van der Waals surface area (Å²) >= 11 is 1.51. The minimum absolute atomic E-state index is 0.0685. The number of thiophene rings is 1. The lowest BCUT2D eigenvalue weighted by molar-refractivity contribution is 0.0735. The first-order chi connectivity index (χ1) is 10.0. The first-order valence-corrected chi connectivity index (χ1v) is 9.17. The number of hydrogen-bond donors (Lipinski definition) is 0. The summed E-state index contributed by atoms with van der Waals surface area (Å²) in [6.07, 6.45) is 0.545. The van der Waals surface area contributed by atoms with Crippen molar-refractivity contribution in [3.05, 3.63) is 29.3 Å². The Morgan fingerprint density at radius 2 is 2.33 bits per heavy atom. The SMILES string of the molecule is O=C(c1cc(-c2cccs2)on1)N1CC2CC1CS2(=O)=O. The number of carbonyl (C=O) groups excluding carboxylic acids is 1. The third-order valence-corrected chi connectivity index (χ3v) is 7.15. The molecule has 2 unspecified atom stereocenters. The highest BCUT2D eigenvalue weighted by molar-refractivity contribution is 7.92. The third-order valence-electron chi connectivity index (χ3n) is 4.06. The lowest BCUT2D eigenvalue weighted by atomic mass is 10.2. The van der Waals surface area contributed by atoms with E-state index in [9.17, 15) is 13.2 Å². The van der Waals surface area contributed by atoms with Crippen LogP contribution in [0.4, 0.5) is 0 Å². The molecule has 2 aliphatic heterocycles. The Morgan fingerprint density at radius 1 is 1.48 bits per heavy atom. The average molecular weight is 324 g/mol. The highest BCUT2D eigenvalue weighted by atomic mass is 32.2. The van der Waals surface area contributed by atoms with Crippen molar-refractivity contribution in [1.29, 1.82) is 0 Å². The molecule has 4 heterocycles. The number of sulfone groups is 1. The van der Waals surface area contributed by atoms with Gasteiger partial charge < -0.3 is 9.42 Å². The number of fused-ring (bicyclic) bond motifs is 2. The first kappa shape index (κ1) is 13.0. The Bertz CT molecular complexity index is 794. The molecule has 2 fully saturated rings. The van der Waals surface area contributed by atoms with E-state index in [1.54, 1.807) is 11.0 Å². The molecular weight excluding hydrogens is 312 g/mol. The van der Waals surface area contributed by atoms with Crippen molar-refractivity contribution in [2.45, 2.75) is 17.7 Å². The molecule has 2 aromatic rings. The van der Waals surface area contributed by atoms with Crippen molar-refractivity contribution in [2.24, 2.45) is 0 Å². The van der Waals surface area contributed by atoms with Gasteiger partial charge in [0.05, 0.1) is 15.9 Å². The van der Waals surface area contributed by atoms with Crippen molar-refractivity contribution in [3.63, 3.8) is 0 Å². The largest absolute Gasteiger partial charge is 0.355 e. The standard InChI is InChI=1S/C13H12N2O4S2/c16-13(15-6-9-4-8(15)7-21(9,17)18)10-5-11(19-14-10)12-2-1-3-20-12/h1-3,5,8-9H,4,6-7H2. The van der Waals surface area contributed by atoms with Crippen LogP contribution in [0.15, 0.2) is 28.1 Å². The second-order valence-electron chi connectivity index (χ2n) is 5.35. The molecule has 2 aromatic heterocycles. The Morgan fingerprint density at radius 3 is 2.95 bits per heavy atom. The van der Waals surface area contributed by atoms with Gasteiger partial charge in [-0.15, -0.1) is 11.3 Å². The van der Waals surface area contributed by atoms with Crippen LogP contribution in [0.2, 0.25) is 0 Å². The Labute approximate surface area is 125 Å². The van der Waals surface area contributed by atoms with Crippen molar-refractivity contribution in [1.82, 2.24) is 10.1 Å². The maximum Gasteiger partial charge on any atom is 0.276 e. The van der Waals surface area contributed by atoms with Crippen LogP contribution >= 0.6 is 11.3 Å². The predicted molar refractivity (Wildman–Crippen MR) is 76.8 cm³/mol. The summed E-state index contributed by atoms with van der Waals surface area (Å²) in [7, 11) is -3.00. The van der Waals surface area contributed by atoms with Gasteiger partial charge in [-0.05, 0) is 17.9 Å². The Kier molecular flexibility index (Phi) is 2.74. The number of hydrogen-bond acceptors (Lipinski definition) is 6. The minimum atomic E-state index is -3.00. The second-order valence-corrected chi connectivity index (χ2v) is 8.63. The van der Waals surface area contributed by atoms with E-state index in [1.165, 1.54) is 11.3 Å². The Hall–Kier alpha value is -1.67. The lowest BCUT2D eigenvalue weighted by Crippen LogP contribution is -2.44. The van der Waals surface area contributed by atoms with Crippen molar-refractivity contribution < 1.29 is 17.7 Å². The summed E-state index contributed by atoms with van der Waals surface area (Å²) in [4.78, 5) is 15.0. The number of likely N-dealkylation sites (tertiary alicyclic amines) is 1. The van der Waals surface area contributed by atoms with Crippen LogP contribution in [0.25, 0.3) is 10.6 Å². The van der Waals surface area contributed by atoms with Gasteiger partial charge in [-0.1, -0.05) is 11.2 Å². The summed E-state index contributed by atoms with van der Waals surface area (Å²) in [6.45, 7) is 0.271.